The van der Waals surface area contributed by atoms with Crippen molar-refractivity contribution < 1.29 is 14.3 Å². The Kier molecular flexibility index (Phi) is 5.53. The molecule has 0 fully saturated rings. The fourth-order valence-electron chi connectivity index (χ4n) is 2.50. The summed E-state index contributed by atoms with van der Waals surface area (Å²) in [6, 6.07) is 10.6. The number of aryl methyl sites for hydroxylation is 1. The Hall–Kier alpha value is -2.86. The van der Waals surface area contributed by atoms with Gasteiger partial charge in [-0.1, -0.05) is 17.7 Å². The molecule has 0 saturated heterocycles. The number of carbonyl (C=O) groups excluding carboxylic acids is 2. The quantitative estimate of drug-likeness (QED) is 0.846. The second-order valence-electron chi connectivity index (χ2n) is 5.86. The van der Waals surface area contributed by atoms with Crippen LogP contribution in [-0.2, 0) is 9.59 Å². The van der Waals surface area contributed by atoms with E-state index in [9.17, 15) is 9.59 Å². The number of aromatic nitrogens is 1. The topological polar surface area (TPSA) is 80.3 Å². The molecule has 0 spiro atoms. The van der Waals surface area contributed by atoms with Crippen LogP contribution in [0.1, 0.15) is 17.7 Å². The van der Waals surface area contributed by atoms with Crippen LogP contribution < -0.4 is 15.4 Å². The van der Waals surface area contributed by atoms with Crippen molar-refractivity contribution in [3.05, 3.63) is 58.3 Å². The van der Waals surface area contributed by atoms with Crippen molar-refractivity contribution in [3.8, 4) is 5.75 Å². The summed E-state index contributed by atoms with van der Waals surface area (Å²) in [6.07, 6.45) is 1.90. The van der Waals surface area contributed by atoms with Crippen LogP contribution in [0.5, 0.6) is 5.75 Å². The maximum absolute atomic E-state index is 12.2. The number of amides is 2. The van der Waals surface area contributed by atoms with Crippen molar-refractivity contribution in [1.29, 1.82) is 0 Å². The summed E-state index contributed by atoms with van der Waals surface area (Å²) in [5.74, 6) is 0.709. The van der Waals surface area contributed by atoms with Crippen LogP contribution in [0.15, 0.2) is 42.0 Å². The predicted octanol–water partition coefficient (Wildman–Crippen LogP) is 2.96. The van der Waals surface area contributed by atoms with E-state index in [-0.39, 0.29) is 31.4 Å². The lowest BCUT2D eigenvalue weighted by atomic mass is 10.1. The van der Waals surface area contributed by atoms with Gasteiger partial charge in [0, 0.05) is 29.2 Å². The highest BCUT2D eigenvalue weighted by atomic mass is 35.5. The number of carbonyl (C=O) groups is 2. The van der Waals surface area contributed by atoms with Gasteiger partial charge in [0.25, 0.3) is 5.91 Å². The first-order valence-electron chi connectivity index (χ1n) is 8.16. The molecule has 2 heterocycles. The maximum atomic E-state index is 12.2. The van der Waals surface area contributed by atoms with Gasteiger partial charge in [-0.3, -0.25) is 9.59 Å². The summed E-state index contributed by atoms with van der Waals surface area (Å²) in [4.78, 5) is 28.4. The Morgan fingerprint density at radius 2 is 2.12 bits per heavy atom. The predicted molar refractivity (Wildman–Crippen MR) is 100 cm³/mol. The van der Waals surface area contributed by atoms with Gasteiger partial charge in [0.2, 0.25) is 5.91 Å². The number of hydrogen-bond donors (Lipinski definition) is 2. The molecule has 0 radical (unpaired) electrons. The molecule has 3 rings (SSSR count). The van der Waals surface area contributed by atoms with Crippen LogP contribution in [0, 0.1) is 6.92 Å². The van der Waals surface area contributed by atoms with Gasteiger partial charge in [-0.15, -0.1) is 0 Å². The standard InChI is InChI=1S/C19H18ClN3O3/c1-12-3-2-4-17(22-12)23-18(24)7-8-21-19(25)14-9-13-10-15(20)5-6-16(13)26-11-14/h2-6,9-10H,7-8,11H2,1H3,(H,21,25)(H,22,23,24). The van der Waals surface area contributed by atoms with Crippen LogP contribution in [0.3, 0.4) is 0 Å². The van der Waals surface area contributed by atoms with E-state index in [1.165, 1.54) is 0 Å². The van der Waals surface area contributed by atoms with Crippen molar-refractivity contribution in [2.45, 2.75) is 13.3 Å². The van der Waals surface area contributed by atoms with E-state index < -0.39 is 0 Å². The summed E-state index contributed by atoms with van der Waals surface area (Å²) < 4.78 is 5.55. The van der Waals surface area contributed by atoms with E-state index in [4.69, 9.17) is 16.3 Å². The maximum Gasteiger partial charge on any atom is 0.250 e. The van der Waals surface area contributed by atoms with E-state index in [2.05, 4.69) is 15.6 Å². The first-order chi connectivity index (χ1) is 12.5. The van der Waals surface area contributed by atoms with Crippen LogP contribution in [0.4, 0.5) is 5.82 Å². The third kappa shape index (κ3) is 4.61. The molecule has 1 aromatic carbocycles. The number of hydrogen-bond acceptors (Lipinski definition) is 4. The molecule has 0 unspecified atom stereocenters. The van der Waals surface area contributed by atoms with E-state index >= 15 is 0 Å². The number of halogens is 1. The summed E-state index contributed by atoms with van der Waals surface area (Å²) in [5.41, 5.74) is 2.07. The number of nitrogens with zero attached hydrogens (tertiary/aromatic N) is 1. The molecule has 2 amide bonds. The molecule has 2 aromatic rings. The van der Waals surface area contributed by atoms with Crippen LogP contribution >= 0.6 is 11.6 Å². The average molecular weight is 372 g/mol. The highest BCUT2D eigenvalue weighted by molar-refractivity contribution is 6.30. The fourth-order valence-corrected chi connectivity index (χ4v) is 2.68. The second-order valence-corrected chi connectivity index (χ2v) is 6.30. The van der Waals surface area contributed by atoms with Gasteiger partial charge in [-0.25, -0.2) is 4.98 Å². The van der Waals surface area contributed by atoms with Crippen LogP contribution in [-0.4, -0.2) is 29.9 Å². The van der Waals surface area contributed by atoms with Crippen molar-refractivity contribution in [2.24, 2.45) is 0 Å². The zero-order valence-corrected chi connectivity index (χ0v) is 15.0. The summed E-state index contributed by atoms with van der Waals surface area (Å²) >= 11 is 5.96. The van der Waals surface area contributed by atoms with Gasteiger partial charge in [-0.05, 0) is 43.3 Å². The lowest BCUT2D eigenvalue weighted by Crippen LogP contribution is -2.31. The lowest BCUT2D eigenvalue weighted by Gasteiger charge is -2.17. The highest BCUT2D eigenvalue weighted by Gasteiger charge is 2.17. The third-order valence-electron chi connectivity index (χ3n) is 3.77. The Morgan fingerprint density at radius 3 is 2.92 bits per heavy atom. The highest BCUT2D eigenvalue weighted by Crippen LogP contribution is 2.28. The lowest BCUT2D eigenvalue weighted by molar-refractivity contribution is -0.118. The van der Waals surface area contributed by atoms with E-state index in [0.29, 0.717) is 22.2 Å². The average Bonchev–Trinajstić information content (AvgIpc) is 2.61. The van der Waals surface area contributed by atoms with Crippen molar-refractivity contribution in [1.82, 2.24) is 10.3 Å². The Balaban J connectivity index is 1.50. The Labute approximate surface area is 156 Å². The molecule has 1 aliphatic heterocycles. The monoisotopic (exact) mass is 371 g/mol. The number of fused-ring (bicyclic) bond motifs is 1. The molecule has 0 atom stereocenters. The summed E-state index contributed by atoms with van der Waals surface area (Å²) in [5, 5.41) is 6.00. The number of nitrogens with one attached hydrogen (secondary N) is 2. The van der Waals surface area contributed by atoms with Gasteiger partial charge in [0.1, 0.15) is 18.2 Å². The number of rotatable bonds is 5. The van der Waals surface area contributed by atoms with Gasteiger partial charge in [-0.2, -0.15) is 0 Å². The molecule has 1 aromatic heterocycles. The number of anilines is 1. The largest absolute Gasteiger partial charge is 0.488 e. The normalized spacial score (nSPS) is 12.5. The zero-order valence-electron chi connectivity index (χ0n) is 14.2. The molecule has 26 heavy (non-hydrogen) atoms. The number of ether oxygens (including phenoxy) is 1. The summed E-state index contributed by atoms with van der Waals surface area (Å²) in [6.45, 7) is 2.25. The van der Waals surface area contributed by atoms with Crippen LogP contribution in [0.2, 0.25) is 5.02 Å². The Morgan fingerprint density at radius 1 is 1.27 bits per heavy atom. The van der Waals surface area contributed by atoms with Crippen molar-refractivity contribution in [2.75, 3.05) is 18.5 Å². The molecule has 0 saturated carbocycles. The summed E-state index contributed by atoms with van der Waals surface area (Å²) in [7, 11) is 0. The van der Waals surface area contributed by atoms with E-state index in [1.54, 1.807) is 30.3 Å². The molecule has 2 N–H and O–H groups in total. The SMILES string of the molecule is Cc1cccc(NC(=O)CCNC(=O)C2=Cc3cc(Cl)ccc3OC2)n1. The van der Waals surface area contributed by atoms with Crippen molar-refractivity contribution >= 4 is 35.3 Å². The van der Waals surface area contributed by atoms with Crippen molar-refractivity contribution in [3.63, 3.8) is 0 Å². The molecule has 1 aliphatic rings. The minimum absolute atomic E-state index is 0.151. The molecule has 6 nitrogen and oxygen atoms in total. The molecule has 0 bridgehead atoms. The smallest absolute Gasteiger partial charge is 0.250 e. The zero-order chi connectivity index (χ0) is 18.5. The molecular formula is C19H18ClN3O3. The second kappa shape index (κ2) is 8.01. The van der Waals surface area contributed by atoms with Gasteiger partial charge >= 0.3 is 0 Å². The number of benzene rings is 1. The Bertz CT molecular complexity index is 880. The molecule has 0 aliphatic carbocycles. The van der Waals surface area contributed by atoms with Gasteiger partial charge in [0.05, 0.1) is 5.57 Å². The van der Waals surface area contributed by atoms with E-state index in [0.717, 1.165) is 11.3 Å². The third-order valence-corrected chi connectivity index (χ3v) is 4.00. The van der Waals surface area contributed by atoms with Gasteiger partial charge in [0.15, 0.2) is 0 Å². The minimum Gasteiger partial charge on any atom is -0.488 e. The molecule has 7 heteroatoms. The molecule has 134 valence electrons. The van der Waals surface area contributed by atoms with E-state index in [1.807, 2.05) is 19.1 Å². The molecular weight excluding hydrogens is 354 g/mol. The first-order valence-corrected chi connectivity index (χ1v) is 8.54. The van der Waals surface area contributed by atoms with Gasteiger partial charge < -0.3 is 15.4 Å². The first kappa shape index (κ1) is 17.9. The number of pyridine rings is 1. The minimum atomic E-state index is -0.267. The fraction of sp³-hybridized carbons (Fsp3) is 0.211. The van der Waals surface area contributed by atoms with Crippen LogP contribution in [0.25, 0.3) is 6.08 Å².